The molecule has 0 saturated heterocycles. The van der Waals surface area contributed by atoms with Crippen LogP contribution >= 0.6 is 0 Å². The average molecular weight is 222 g/mol. The van der Waals surface area contributed by atoms with Gasteiger partial charge in [0.05, 0.1) is 0 Å². The first-order valence-electron chi connectivity index (χ1n) is 5.25. The molecule has 1 amide bonds. The summed E-state index contributed by atoms with van der Waals surface area (Å²) in [7, 11) is 1.00. The van der Waals surface area contributed by atoms with Crippen LogP contribution in [0.5, 0.6) is 0 Å². The van der Waals surface area contributed by atoms with Crippen LogP contribution in [0.4, 0.5) is 5.69 Å². The number of rotatable bonds is 3. The van der Waals surface area contributed by atoms with Crippen molar-refractivity contribution in [1.29, 1.82) is 0 Å². The van der Waals surface area contributed by atoms with Crippen molar-refractivity contribution in [3.8, 4) is 0 Å². The van der Waals surface area contributed by atoms with Crippen molar-refractivity contribution in [3.63, 3.8) is 0 Å². The molecule has 0 aromatic heterocycles. The van der Waals surface area contributed by atoms with Crippen LogP contribution in [-0.4, -0.2) is 18.1 Å². The molecule has 2 atom stereocenters. The Morgan fingerprint density at radius 2 is 2.19 bits per heavy atom. The molecule has 2 rings (SSSR count). The highest BCUT2D eigenvalue weighted by Crippen LogP contribution is 2.40. The van der Waals surface area contributed by atoms with E-state index in [0.29, 0.717) is 5.92 Å². The topological polar surface area (TPSA) is 89.3 Å². The minimum Gasteiger partial charge on any atom is -0.400 e. The Bertz CT molecular complexity index is 366. The fourth-order valence-electron chi connectivity index (χ4n) is 1.84. The van der Waals surface area contributed by atoms with E-state index in [4.69, 9.17) is 16.6 Å². The third-order valence-corrected chi connectivity index (χ3v) is 2.74. The highest BCUT2D eigenvalue weighted by molar-refractivity contribution is 5.79. The minimum atomic E-state index is -0.168. The van der Waals surface area contributed by atoms with Crippen molar-refractivity contribution in [2.75, 3.05) is 12.8 Å². The third kappa shape index (κ3) is 3.24. The zero-order chi connectivity index (χ0) is 12.1. The quantitative estimate of drug-likeness (QED) is 0.652. The molecule has 0 radical (unpaired) electrons. The fourth-order valence-corrected chi connectivity index (χ4v) is 1.84. The standard InChI is InChI=1S/C11H14N2O.CH4O/c12-9-3-1-2-7(5-9)4-8-6-10(8)11(13)14;1-2/h1-3,5,8,10H,4,6,12H2,(H2,13,14);2H,1H3. The molecule has 1 fully saturated rings. The minimum absolute atomic E-state index is 0.0939. The first kappa shape index (κ1) is 12.5. The van der Waals surface area contributed by atoms with Gasteiger partial charge in [-0.05, 0) is 36.5 Å². The second-order valence-electron chi connectivity index (χ2n) is 3.95. The summed E-state index contributed by atoms with van der Waals surface area (Å²) in [4.78, 5) is 10.8. The van der Waals surface area contributed by atoms with Crippen LogP contribution in [0.15, 0.2) is 24.3 Å². The molecule has 0 spiro atoms. The Labute approximate surface area is 95.3 Å². The van der Waals surface area contributed by atoms with Gasteiger partial charge in [0.1, 0.15) is 0 Å². The Morgan fingerprint density at radius 3 is 2.69 bits per heavy atom. The second kappa shape index (κ2) is 5.51. The molecule has 1 aliphatic rings. The van der Waals surface area contributed by atoms with Crippen LogP contribution in [0.1, 0.15) is 12.0 Å². The molecule has 4 nitrogen and oxygen atoms in total. The second-order valence-corrected chi connectivity index (χ2v) is 3.95. The van der Waals surface area contributed by atoms with Gasteiger partial charge in [-0.1, -0.05) is 12.1 Å². The predicted octanol–water partition coefficient (Wildman–Crippen LogP) is 0.541. The molecule has 1 aromatic carbocycles. The lowest BCUT2D eigenvalue weighted by atomic mass is 10.1. The molecule has 0 bridgehead atoms. The van der Waals surface area contributed by atoms with E-state index in [0.717, 1.165) is 25.6 Å². The van der Waals surface area contributed by atoms with Crippen LogP contribution in [-0.2, 0) is 11.2 Å². The molecule has 1 aliphatic carbocycles. The lowest BCUT2D eigenvalue weighted by Gasteiger charge is -2.00. The number of benzene rings is 1. The Balaban J connectivity index is 0.000000606. The van der Waals surface area contributed by atoms with Gasteiger partial charge in [-0.2, -0.15) is 0 Å². The van der Waals surface area contributed by atoms with E-state index in [1.807, 2.05) is 24.3 Å². The van der Waals surface area contributed by atoms with Gasteiger partial charge in [0.15, 0.2) is 0 Å². The zero-order valence-corrected chi connectivity index (χ0v) is 9.39. The molecule has 88 valence electrons. The summed E-state index contributed by atoms with van der Waals surface area (Å²) in [6.07, 6.45) is 1.85. The van der Waals surface area contributed by atoms with Crippen LogP contribution < -0.4 is 11.5 Å². The van der Waals surface area contributed by atoms with E-state index >= 15 is 0 Å². The van der Waals surface area contributed by atoms with Gasteiger partial charge in [-0.15, -0.1) is 0 Å². The van der Waals surface area contributed by atoms with Gasteiger partial charge in [-0.25, -0.2) is 0 Å². The summed E-state index contributed by atoms with van der Waals surface area (Å²) in [6, 6.07) is 7.79. The average Bonchev–Trinajstić information content (AvgIpc) is 3.00. The molecule has 0 heterocycles. The van der Waals surface area contributed by atoms with Crippen molar-refractivity contribution < 1.29 is 9.90 Å². The first-order valence-corrected chi connectivity index (χ1v) is 5.25. The maximum Gasteiger partial charge on any atom is 0.220 e. The summed E-state index contributed by atoms with van der Waals surface area (Å²) in [6.45, 7) is 0. The van der Waals surface area contributed by atoms with Gasteiger partial charge >= 0.3 is 0 Å². The number of carbonyl (C=O) groups excluding carboxylic acids is 1. The van der Waals surface area contributed by atoms with Crippen molar-refractivity contribution in [2.24, 2.45) is 17.6 Å². The molecule has 1 aromatic rings. The smallest absolute Gasteiger partial charge is 0.220 e. The van der Waals surface area contributed by atoms with Crippen LogP contribution in [0.3, 0.4) is 0 Å². The number of aliphatic hydroxyl groups excluding tert-OH is 1. The van der Waals surface area contributed by atoms with Gasteiger partial charge in [-0.3, -0.25) is 4.79 Å². The van der Waals surface area contributed by atoms with E-state index in [-0.39, 0.29) is 11.8 Å². The van der Waals surface area contributed by atoms with E-state index in [1.165, 1.54) is 5.56 Å². The molecule has 0 aliphatic heterocycles. The van der Waals surface area contributed by atoms with Crippen LogP contribution in [0.2, 0.25) is 0 Å². The molecule has 2 unspecified atom stereocenters. The van der Waals surface area contributed by atoms with Crippen molar-refractivity contribution >= 4 is 11.6 Å². The summed E-state index contributed by atoms with van der Waals surface area (Å²) in [5, 5.41) is 7.00. The van der Waals surface area contributed by atoms with Crippen molar-refractivity contribution in [2.45, 2.75) is 12.8 Å². The van der Waals surface area contributed by atoms with Gasteiger partial charge in [0.2, 0.25) is 5.91 Å². The van der Waals surface area contributed by atoms with Crippen molar-refractivity contribution in [3.05, 3.63) is 29.8 Å². The highest BCUT2D eigenvalue weighted by Gasteiger charge is 2.41. The van der Waals surface area contributed by atoms with Gasteiger partial charge in [0.25, 0.3) is 0 Å². The summed E-state index contributed by atoms with van der Waals surface area (Å²) in [5.41, 5.74) is 12.8. The number of amides is 1. The largest absolute Gasteiger partial charge is 0.400 e. The molecule has 16 heavy (non-hydrogen) atoms. The Hall–Kier alpha value is -1.55. The molecule has 5 N–H and O–H groups in total. The maximum absolute atomic E-state index is 10.8. The van der Waals surface area contributed by atoms with E-state index in [9.17, 15) is 4.79 Å². The number of primary amides is 1. The monoisotopic (exact) mass is 222 g/mol. The van der Waals surface area contributed by atoms with Crippen molar-refractivity contribution in [1.82, 2.24) is 0 Å². The zero-order valence-electron chi connectivity index (χ0n) is 9.39. The number of hydrogen-bond acceptors (Lipinski definition) is 3. The predicted molar refractivity (Wildman–Crippen MR) is 63.5 cm³/mol. The molecular formula is C12H18N2O2. The van der Waals surface area contributed by atoms with Gasteiger partial charge in [0, 0.05) is 18.7 Å². The number of hydrogen-bond donors (Lipinski definition) is 3. The summed E-state index contributed by atoms with van der Waals surface area (Å²) in [5.74, 6) is 0.365. The Morgan fingerprint density at radius 1 is 1.50 bits per heavy atom. The Kier molecular flexibility index (Phi) is 4.31. The number of nitrogens with two attached hydrogens (primary N) is 2. The maximum atomic E-state index is 10.8. The molecule has 1 saturated carbocycles. The SMILES string of the molecule is CO.NC(=O)C1CC1Cc1cccc(N)c1. The van der Waals surface area contributed by atoms with E-state index < -0.39 is 0 Å². The number of nitrogen functional groups attached to an aromatic ring is 1. The number of aliphatic hydroxyl groups is 1. The van der Waals surface area contributed by atoms with E-state index in [2.05, 4.69) is 0 Å². The lowest BCUT2D eigenvalue weighted by molar-refractivity contribution is -0.119. The lowest BCUT2D eigenvalue weighted by Crippen LogP contribution is -2.14. The van der Waals surface area contributed by atoms with Crippen LogP contribution in [0.25, 0.3) is 0 Å². The fraction of sp³-hybridized carbons (Fsp3) is 0.417. The summed E-state index contributed by atoms with van der Waals surface area (Å²) < 4.78 is 0. The van der Waals surface area contributed by atoms with Gasteiger partial charge < -0.3 is 16.6 Å². The third-order valence-electron chi connectivity index (χ3n) is 2.74. The summed E-state index contributed by atoms with van der Waals surface area (Å²) >= 11 is 0. The number of anilines is 1. The number of carbonyl (C=O) groups is 1. The normalized spacial score (nSPS) is 21.9. The highest BCUT2D eigenvalue weighted by atomic mass is 16.2. The molecular weight excluding hydrogens is 204 g/mol. The molecule has 4 heteroatoms. The van der Waals surface area contributed by atoms with Crippen LogP contribution in [0, 0.1) is 11.8 Å². The first-order chi connectivity index (χ1) is 7.66. The van der Waals surface area contributed by atoms with E-state index in [1.54, 1.807) is 0 Å².